The van der Waals surface area contributed by atoms with E-state index in [1.807, 2.05) is 6.92 Å². The molecule has 0 radical (unpaired) electrons. The molecule has 0 aromatic heterocycles. The number of carbonyl (C=O) groups is 1. The first-order valence-corrected chi connectivity index (χ1v) is 7.24. The van der Waals surface area contributed by atoms with E-state index in [1.54, 1.807) is 7.11 Å². The summed E-state index contributed by atoms with van der Waals surface area (Å²) in [5.41, 5.74) is 0. The number of methoxy groups -OCH3 is 1. The zero-order valence-electron chi connectivity index (χ0n) is 11.8. The van der Waals surface area contributed by atoms with Gasteiger partial charge in [-0.25, -0.2) is 0 Å². The molecule has 106 valence electrons. The molecule has 0 spiro atoms. The van der Waals surface area contributed by atoms with Crippen molar-refractivity contribution in [3.63, 3.8) is 0 Å². The lowest BCUT2D eigenvalue weighted by molar-refractivity contribution is -0.122. The van der Waals surface area contributed by atoms with E-state index in [4.69, 9.17) is 4.74 Å². The van der Waals surface area contributed by atoms with E-state index in [2.05, 4.69) is 10.6 Å². The summed E-state index contributed by atoms with van der Waals surface area (Å²) < 4.78 is 4.90. The van der Waals surface area contributed by atoms with Crippen molar-refractivity contribution in [3.05, 3.63) is 0 Å². The molecule has 0 aromatic rings. The molecule has 4 heteroatoms. The summed E-state index contributed by atoms with van der Waals surface area (Å²) >= 11 is 0. The molecule has 0 aliphatic heterocycles. The molecular formula is C14H28N2O2. The minimum Gasteiger partial charge on any atom is -0.383 e. The van der Waals surface area contributed by atoms with Gasteiger partial charge in [0.15, 0.2) is 0 Å². The maximum Gasteiger partial charge on any atom is 0.236 e. The Hall–Kier alpha value is -0.610. The zero-order chi connectivity index (χ0) is 13.2. The lowest BCUT2D eigenvalue weighted by Crippen LogP contribution is -2.43. The third-order valence-corrected chi connectivity index (χ3v) is 3.73. The summed E-state index contributed by atoms with van der Waals surface area (Å²) in [6.07, 6.45) is 8.12. The van der Waals surface area contributed by atoms with Crippen LogP contribution >= 0.6 is 0 Å². The Balaban J connectivity index is 2.04. The summed E-state index contributed by atoms with van der Waals surface area (Å²) in [7, 11) is 1.64. The normalized spacial score (nSPS) is 18.6. The van der Waals surface area contributed by atoms with Gasteiger partial charge < -0.3 is 15.4 Å². The Morgan fingerprint density at radius 2 is 2.00 bits per heavy atom. The van der Waals surface area contributed by atoms with Crippen LogP contribution in [0.2, 0.25) is 0 Å². The second-order valence-corrected chi connectivity index (χ2v) is 5.25. The van der Waals surface area contributed by atoms with Crippen molar-refractivity contribution in [1.82, 2.24) is 10.6 Å². The van der Waals surface area contributed by atoms with Crippen molar-refractivity contribution in [3.8, 4) is 0 Å². The van der Waals surface area contributed by atoms with E-state index < -0.39 is 0 Å². The Labute approximate surface area is 111 Å². The highest BCUT2D eigenvalue weighted by molar-refractivity contribution is 5.81. The second kappa shape index (κ2) is 9.34. The van der Waals surface area contributed by atoms with E-state index in [0.717, 1.165) is 12.5 Å². The fourth-order valence-corrected chi connectivity index (χ4v) is 2.50. The standard InChI is InChI=1S/C14H28N2O2/c1-12(14(17)16-10-11-18-2)15-9-8-13-6-4-3-5-7-13/h12-13,15H,3-11H2,1-2H3,(H,16,17). The van der Waals surface area contributed by atoms with Gasteiger partial charge in [-0.15, -0.1) is 0 Å². The zero-order valence-corrected chi connectivity index (χ0v) is 11.8. The molecule has 18 heavy (non-hydrogen) atoms. The van der Waals surface area contributed by atoms with E-state index >= 15 is 0 Å². The first kappa shape index (κ1) is 15.4. The minimum absolute atomic E-state index is 0.0655. The molecule has 2 N–H and O–H groups in total. The maximum absolute atomic E-state index is 11.7. The molecule has 1 fully saturated rings. The highest BCUT2D eigenvalue weighted by atomic mass is 16.5. The lowest BCUT2D eigenvalue weighted by Gasteiger charge is -2.22. The third kappa shape index (κ3) is 6.36. The van der Waals surface area contributed by atoms with Crippen molar-refractivity contribution < 1.29 is 9.53 Å². The fourth-order valence-electron chi connectivity index (χ4n) is 2.50. The van der Waals surface area contributed by atoms with Crippen molar-refractivity contribution in [2.75, 3.05) is 26.8 Å². The highest BCUT2D eigenvalue weighted by Crippen LogP contribution is 2.25. The van der Waals surface area contributed by atoms with Crippen LogP contribution < -0.4 is 10.6 Å². The Bertz CT molecular complexity index is 228. The van der Waals surface area contributed by atoms with Gasteiger partial charge in [-0.05, 0) is 25.8 Å². The van der Waals surface area contributed by atoms with Crippen LogP contribution in [0.15, 0.2) is 0 Å². The molecule has 1 aliphatic rings. The maximum atomic E-state index is 11.7. The highest BCUT2D eigenvalue weighted by Gasteiger charge is 2.15. The van der Waals surface area contributed by atoms with Crippen molar-refractivity contribution in [2.45, 2.75) is 51.5 Å². The summed E-state index contributed by atoms with van der Waals surface area (Å²) in [4.78, 5) is 11.7. The predicted molar refractivity (Wildman–Crippen MR) is 73.5 cm³/mol. The Kier molecular flexibility index (Phi) is 8.01. The van der Waals surface area contributed by atoms with E-state index in [9.17, 15) is 4.79 Å². The van der Waals surface area contributed by atoms with Crippen LogP contribution in [-0.2, 0) is 9.53 Å². The monoisotopic (exact) mass is 256 g/mol. The summed E-state index contributed by atoms with van der Waals surface area (Å²) in [5, 5.41) is 6.15. The molecule has 0 bridgehead atoms. The quantitative estimate of drug-likeness (QED) is 0.650. The fraction of sp³-hybridized carbons (Fsp3) is 0.929. The molecule has 1 rings (SSSR count). The molecule has 1 aliphatic carbocycles. The van der Waals surface area contributed by atoms with Gasteiger partial charge in [0.1, 0.15) is 0 Å². The molecular weight excluding hydrogens is 228 g/mol. The van der Waals surface area contributed by atoms with Crippen molar-refractivity contribution >= 4 is 5.91 Å². The number of carbonyl (C=O) groups excluding carboxylic acids is 1. The van der Waals surface area contributed by atoms with Gasteiger partial charge in [-0.1, -0.05) is 32.1 Å². The number of hydrogen-bond acceptors (Lipinski definition) is 3. The molecule has 0 aromatic carbocycles. The largest absolute Gasteiger partial charge is 0.383 e. The minimum atomic E-state index is -0.106. The van der Waals surface area contributed by atoms with Crippen LogP contribution in [0.25, 0.3) is 0 Å². The molecule has 1 unspecified atom stereocenters. The SMILES string of the molecule is COCCNC(=O)C(C)NCCC1CCCCC1. The van der Waals surface area contributed by atoms with Gasteiger partial charge in [0.25, 0.3) is 0 Å². The smallest absolute Gasteiger partial charge is 0.236 e. The second-order valence-electron chi connectivity index (χ2n) is 5.25. The summed E-state index contributed by atoms with van der Waals surface area (Å²) in [6, 6.07) is -0.106. The lowest BCUT2D eigenvalue weighted by atomic mass is 9.87. The van der Waals surface area contributed by atoms with Crippen molar-refractivity contribution in [2.24, 2.45) is 5.92 Å². The van der Waals surface area contributed by atoms with Gasteiger partial charge in [-0.3, -0.25) is 4.79 Å². The van der Waals surface area contributed by atoms with Gasteiger partial charge in [0.05, 0.1) is 12.6 Å². The molecule has 1 atom stereocenters. The van der Waals surface area contributed by atoms with Gasteiger partial charge in [0, 0.05) is 13.7 Å². The molecule has 0 heterocycles. The van der Waals surface area contributed by atoms with E-state index in [1.165, 1.54) is 38.5 Å². The summed E-state index contributed by atoms with van der Waals surface area (Å²) in [6.45, 7) is 4.02. The summed E-state index contributed by atoms with van der Waals surface area (Å²) in [5.74, 6) is 0.936. The number of nitrogens with one attached hydrogen (secondary N) is 2. The average Bonchev–Trinajstić information content (AvgIpc) is 2.40. The molecule has 1 saturated carbocycles. The van der Waals surface area contributed by atoms with Crippen LogP contribution in [0.5, 0.6) is 0 Å². The number of ether oxygens (including phenoxy) is 1. The van der Waals surface area contributed by atoms with Crippen LogP contribution in [0, 0.1) is 5.92 Å². The first-order valence-electron chi connectivity index (χ1n) is 7.24. The average molecular weight is 256 g/mol. The first-order chi connectivity index (χ1) is 8.74. The van der Waals surface area contributed by atoms with Crippen LogP contribution in [0.3, 0.4) is 0 Å². The van der Waals surface area contributed by atoms with E-state index in [0.29, 0.717) is 13.2 Å². The molecule has 0 saturated heterocycles. The molecule has 4 nitrogen and oxygen atoms in total. The molecule has 1 amide bonds. The number of amides is 1. The predicted octanol–water partition coefficient (Wildman–Crippen LogP) is 1.70. The third-order valence-electron chi connectivity index (χ3n) is 3.73. The van der Waals surface area contributed by atoms with Crippen LogP contribution in [0.1, 0.15) is 45.4 Å². The van der Waals surface area contributed by atoms with Gasteiger partial charge in [0.2, 0.25) is 5.91 Å². The van der Waals surface area contributed by atoms with Crippen molar-refractivity contribution in [1.29, 1.82) is 0 Å². The van der Waals surface area contributed by atoms with Gasteiger partial charge in [-0.2, -0.15) is 0 Å². The Morgan fingerprint density at radius 1 is 1.28 bits per heavy atom. The number of rotatable bonds is 8. The van der Waals surface area contributed by atoms with Gasteiger partial charge >= 0.3 is 0 Å². The van der Waals surface area contributed by atoms with Crippen LogP contribution in [0.4, 0.5) is 0 Å². The Morgan fingerprint density at radius 3 is 2.67 bits per heavy atom. The van der Waals surface area contributed by atoms with E-state index in [-0.39, 0.29) is 11.9 Å². The topological polar surface area (TPSA) is 50.4 Å². The van der Waals surface area contributed by atoms with Crippen LogP contribution in [-0.4, -0.2) is 38.8 Å². The number of hydrogen-bond donors (Lipinski definition) is 2.